The average Bonchev–Trinajstić information content (AvgIpc) is 3.21. The van der Waals surface area contributed by atoms with Crippen molar-refractivity contribution in [2.45, 2.75) is 13.5 Å². The van der Waals surface area contributed by atoms with E-state index in [9.17, 15) is 14.7 Å². The third-order valence-corrected chi connectivity index (χ3v) is 4.89. The fourth-order valence-electron chi connectivity index (χ4n) is 3.42. The topological polar surface area (TPSA) is 96.3 Å². The lowest BCUT2D eigenvalue weighted by atomic mass is 9.99. The Morgan fingerprint density at radius 2 is 2.00 bits per heavy atom. The van der Waals surface area contributed by atoms with Crippen LogP contribution in [-0.4, -0.2) is 26.6 Å². The van der Waals surface area contributed by atoms with Crippen LogP contribution in [0.15, 0.2) is 54.8 Å². The first-order valence-electron chi connectivity index (χ1n) is 9.14. The highest BCUT2D eigenvalue weighted by Crippen LogP contribution is 2.32. The molecule has 29 heavy (non-hydrogen) atoms. The fraction of sp³-hybridized carbons (Fsp3) is 0.136. The molecule has 0 saturated heterocycles. The number of aromatic nitrogens is 2. The van der Waals surface area contributed by atoms with Gasteiger partial charge in [0.05, 0.1) is 29.8 Å². The molecule has 2 aromatic carbocycles. The van der Waals surface area contributed by atoms with E-state index in [1.807, 2.05) is 36.9 Å². The minimum Gasteiger partial charge on any atom is -0.515 e. The lowest BCUT2D eigenvalue weighted by molar-refractivity contribution is -0.110. The van der Waals surface area contributed by atoms with Gasteiger partial charge in [0.15, 0.2) is 5.78 Å². The van der Waals surface area contributed by atoms with Gasteiger partial charge in [-0.15, -0.1) is 0 Å². The van der Waals surface area contributed by atoms with E-state index in [1.165, 1.54) is 0 Å². The average molecular weight is 388 g/mol. The highest BCUT2D eigenvalue weighted by Gasteiger charge is 2.25. The molecule has 3 aromatic rings. The maximum atomic E-state index is 12.9. The molecule has 0 aliphatic carbocycles. The minimum absolute atomic E-state index is 0.150. The van der Waals surface area contributed by atoms with E-state index in [1.54, 1.807) is 30.3 Å². The molecule has 0 radical (unpaired) electrons. The zero-order valence-corrected chi connectivity index (χ0v) is 16.1. The molecular weight excluding hydrogens is 368 g/mol. The second-order valence-corrected chi connectivity index (χ2v) is 6.92. The Hall–Kier alpha value is -3.87. The van der Waals surface area contributed by atoms with E-state index in [0.717, 1.165) is 23.3 Å². The van der Waals surface area contributed by atoms with Crippen molar-refractivity contribution in [2.24, 2.45) is 7.05 Å². The van der Waals surface area contributed by atoms with Crippen molar-refractivity contribution in [2.75, 3.05) is 10.6 Å². The first-order chi connectivity index (χ1) is 14.0. The molecule has 146 valence electrons. The van der Waals surface area contributed by atoms with E-state index < -0.39 is 0 Å². The van der Waals surface area contributed by atoms with Crippen LogP contribution in [0.2, 0.25) is 0 Å². The molecule has 1 amide bonds. The summed E-state index contributed by atoms with van der Waals surface area (Å²) in [6, 6.07) is 14.2. The summed E-state index contributed by atoms with van der Waals surface area (Å²) in [5.74, 6) is -0.535. The number of aryl methyl sites for hydroxylation is 2. The lowest BCUT2D eigenvalue weighted by Gasteiger charge is -2.09. The molecule has 0 spiro atoms. The molecule has 7 heteroatoms. The number of aliphatic hydroxyl groups excluding tert-OH is 1. The molecule has 3 N–H and O–H groups in total. The number of rotatable bonds is 5. The molecule has 1 aromatic heterocycles. The number of hydrogen-bond acceptors (Lipinski definition) is 5. The molecule has 0 unspecified atom stereocenters. The Bertz CT molecular complexity index is 1160. The summed E-state index contributed by atoms with van der Waals surface area (Å²) in [5, 5.41) is 19.5. The Balaban J connectivity index is 1.54. The fourth-order valence-corrected chi connectivity index (χ4v) is 3.42. The largest absolute Gasteiger partial charge is 0.515 e. The van der Waals surface area contributed by atoms with Crippen molar-refractivity contribution in [3.05, 3.63) is 82.9 Å². The van der Waals surface area contributed by atoms with Crippen LogP contribution < -0.4 is 10.6 Å². The number of amides is 1. The number of anilines is 2. The zero-order chi connectivity index (χ0) is 20.5. The molecule has 1 aliphatic heterocycles. The summed E-state index contributed by atoms with van der Waals surface area (Å²) < 4.78 is 1.82. The number of aliphatic hydroxyl groups is 1. The standard InChI is InChI=1S/C22H20N4O3/c1-13-8-17(26(2)25-13)11-23-16-5-3-4-14(9-16)21(28)15-6-7-18-19(12-27)22(29)24-20(18)10-15/h3-10,12,23,27H,11H2,1-2H3,(H,24,29)/b19-12-. The van der Waals surface area contributed by atoms with Gasteiger partial charge in [-0.1, -0.05) is 24.3 Å². The van der Waals surface area contributed by atoms with Crippen molar-refractivity contribution in [3.8, 4) is 0 Å². The van der Waals surface area contributed by atoms with Crippen LogP contribution in [-0.2, 0) is 18.4 Å². The highest BCUT2D eigenvalue weighted by molar-refractivity contribution is 6.31. The summed E-state index contributed by atoms with van der Waals surface area (Å²) in [4.78, 5) is 24.8. The van der Waals surface area contributed by atoms with Gasteiger partial charge in [-0.25, -0.2) is 0 Å². The molecular formula is C22H20N4O3. The maximum absolute atomic E-state index is 12.9. The zero-order valence-electron chi connectivity index (χ0n) is 16.1. The SMILES string of the molecule is Cc1cc(CNc2cccc(C(=O)c3ccc4c(c3)NC(=O)/C4=C\O)c2)n(C)n1. The summed E-state index contributed by atoms with van der Waals surface area (Å²) in [6.45, 7) is 2.54. The molecule has 0 fully saturated rings. The lowest BCUT2D eigenvalue weighted by Crippen LogP contribution is -2.07. The Morgan fingerprint density at radius 3 is 2.72 bits per heavy atom. The first kappa shape index (κ1) is 18.5. The number of carbonyl (C=O) groups excluding carboxylic acids is 2. The van der Waals surface area contributed by atoms with Crippen LogP contribution in [0.3, 0.4) is 0 Å². The van der Waals surface area contributed by atoms with Gasteiger partial charge >= 0.3 is 0 Å². The van der Waals surface area contributed by atoms with Crippen LogP contribution in [0.4, 0.5) is 11.4 Å². The number of nitrogens with zero attached hydrogens (tertiary/aromatic N) is 2. The summed E-state index contributed by atoms with van der Waals surface area (Å²) >= 11 is 0. The first-order valence-corrected chi connectivity index (χ1v) is 9.14. The van der Waals surface area contributed by atoms with E-state index in [2.05, 4.69) is 15.7 Å². The number of ketones is 1. The second kappa shape index (κ2) is 7.27. The van der Waals surface area contributed by atoms with Gasteiger partial charge in [0.25, 0.3) is 5.91 Å². The van der Waals surface area contributed by atoms with E-state index in [0.29, 0.717) is 28.9 Å². The molecule has 4 rings (SSSR count). The Labute approximate surface area is 167 Å². The van der Waals surface area contributed by atoms with Gasteiger partial charge in [0.1, 0.15) is 0 Å². The number of carbonyl (C=O) groups is 2. The van der Waals surface area contributed by atoms with E-state index in [-0.39, 0.29) is 17.3 Å². The van der Waals surface area contributed by atoms with Crippen LogP contribution in [0.25, 0.3) is 5.57 Å². The number of fused-ring (bicyclic) bond motifs is 1. The third-order valence-electron chi connectivity index (χ3n) is 4.89. The van der Waals surface area contributed by atoms with E-state index in [4.69, 9.17) is 0 Å². The van der Waals surface area contributed by atoms with Gasteiger partial charge in [-0.3, -0.25) is 14.3 Å². The van der Waals surface area contributed by atoms with Crippen LogP contribution in [0.5, 0.6) is 0 Å². The van der Waals surface area contributed by atoms with Crippen molar-refractivity contribution in [1.82, 2.24) is 9.78 Å². The molecule has 0 saturated carbocycles. The summed E-state index contributed by atoms with van der Waals surface area (Å²) in [5.41, 5.74) is 5.11. The van der Waals surface area contributed by atoms with Crippen LogP contribution in [0, 0.1) is 6.92 Å². The maximum Gasteiger partial charge on any atom is 0.259 e. The normalized spacial score (nSPS) is 14.0. The Kier molecular flexibility index (Phi) is 4.64. The van der Waals surface area contributed by atoms with Crippen LogP contribution in [0.1, 0.15) is 32.9 Å². The summed E-state index contributed by atoms with van der Waals surface area (Å²) in [6.07, 6.45) is 0.779. The number of nitrogens with one attached hydrogen (secondary N) is 2. The highest BCUT2D eigenvalue weighted by atomic mass is 16.2. The number of hydrogen-bond donors (Lipinski definition) is 3. The van der Waals surface area contributed by atoms with Gasteiger partial charge in [-0.2, -0.15) is 5.10 Å². The number of benzene rings is 2. The molecule has 0 bridgehead atoms. The van der Waals surface area contributed by atoms with Gasteiger partial charge < -0.3 is 15.7 Å². The van der Waals surface area contributed by atoms with Crippen molar-refractivity contribution in [3.63, 3.8) is 0 Å². The summed E-state index contributed by atoms with van der Waals surface area (Å²) in [7, 11) is 1.90. The Morgan fingerprint density at radius 1 is 1.21 bits per heavy atom. The van der Waals surface area contributed by atoms with Crippen molar-refractivity contribution >= 4 is 28.6 Å². The molecule has 1 aliphatic rings. The van der Waals surface area contributed by atoms with Gasteiger partial charge in [-0.05, 0) is 31.2 Å². The third kappa shape index (κ3) is 3.50. The predicted octanol–water partition coefficient (Wildman–Crippen LogP) is 3.42. The van der Waals surface area contributed by atoms with Gasteiger partial charge in [0, 0.05) is 35.1 Å². The smallest absolute Gasteiger partial charge is 0.259 e. The second-order valence-electron chi connectivity index (χ2n) is 6.92. The monoisotopic (exact) mass is 388 g/mol. The molecule has 2 heterocycles. The van der Waals surface area contributed by atoms with Crippen molar-refractivity contribution < 1.29 is 14.7 Å². The quantitative estimate of drug-likeness (QED) is 0.354. The van der Waals surface area contributed by atoms with Gasteiger partial charge in [0.2, 0.25) is 0 Å². The van der Waals surface area contributed by atoms with E-state index >= 15 is 0 Å². The predicted molar refractivity (Wildman–Crippen MR) is 111 cm³/mol. The van der Waals surface area contributed by atoms with Crippen LogP contribution >= 0.6 is 0 Å². The van der Waals surface area contributed by atoms with Crippen molar-refractivity contribution in [1.29, 1.82) is 0 Å². The molecule has 0 atom stereocenters. The molecule has 7 nitrogen and oxygen atoms in total. The minimum atomic E-state index is -0.385.